The summed E-state index contributed by atoms with van der Waals surface area (Å²) in [4.78, 5) is 47.0. The molecule has 8 heteroatoms. The predicted octanol–water partition coefficient (Wildman–Crippen LogP) is 1.32. The van der Waals surface area contributed by atoms with Gasteiger partial charge in [-0.1, -0.05) is 6.07 Å². The lowest BCUT2D eigenvalue weighted by atomic mass is 10.1. The second-order valence-electron chi connectivity index (χ2n) is 7.04. The third-order valence-corrected chi connectivity index (χ3v) is 5.40. The highest BCUT2D eigenvalue weighted by atomic mass is 16.5. The third-order valence-electron chi connectivity index (χ3n) is 5.40. The Balaban J connectivity index is 1.43. The number of ether oxygens (including phenoxy) is 1. The van der Waals surface area contributed by atoms with E-state index in [4.69, 9.17) is 0 Å². The summed E-state index contributed by atoms with van der Waals surface area (Å²) in [5, 5.41) is 0. The topological polar surface area (TPSA) is 83.1 Å². The first-order valence-electron chi connectivity index (χ1n) is 9.53. The molecule has 4 rings (SSSR count). The number of hydrogen-bond acceptors (Lipinski definition) is 7. The highest BCUT2D eigenvalue weighted by molar-refractivity contribution is 6.22. The molecule has 0 aliphatic carbocycles. The number of aromatic nitrogens is 1. The molecule has 3 heterocycles. The van der Waals surface area contributed by atoms with Gasteiger partial charge in [-0.2, -0.15) is 0 Å². The molecule has 1 aromatic carbocycles. The molecule has 150 valence electrons. The van der Waals surface area contributed by atoms with Crippen LogP contribution in [0.5, 0.6) is 0 Å². The Labute approximate surface area is 168 Å². The van der Waals surface area contributed by atoms with Crippen molar-refractivity contribution in [3.05, 3.63) is 54.2 Å². The Hall–Kier alpha value is -3.26. The van der Waals surface area contributed by atoms with Crippen molar-refractivity contribution < 1.29 is 19.1 Å². The van der Waals surface area contributed by atoms with Crippen LogP contribution in [0.15, 0.2) is 48.7 Å². The molecule has 0 unspecified atom stereocenters. The van der Waals surface area contributed by atoms with E-state index in [9.17, 15) is 14.4 Å². The molecular formula is C21H22N4O4. The normalized spacial score (nSPS) is 20.2. The van der Waals surface area contributed by atoms with Gasteiger partial charge in [-0.3, -0.25) is 14.5 Å². The van der Waals surface area contributed by atoms with Crippen molar-refractivity contribution in [2.24, 2.45) is 0 Å². The van der Waals surface area contributed by atoms with E-state index in [-0.39, 0.29) is 18.2 Å². The van der Waals surface area contributed by atoms with Crippen LogP contribution in [-0.2, 0) is 14.3 Å². The lowest BCUT2D eigenvalue weighted by molar-refractivity contribution is -0.123. The number of carbonyl (C=O) groups is 3. The van der Waals surface area contributed by atoms with Crippen molar-refractivity contribution in [1.29, 1.82) is 0 Å². The van der Waals surface area contributed by atoms with Crippen LogP contribution < -0.4 is 9.80 Å². The van der Waals surface area contributed by atoms with Crippen LogP contribution in [0.1, 0.15) is 16.8 Å². The number of anilines is 2. The standard InChI is InChI=1S/C21H22N4O4/c1-29-21(28)15-5-7-16(8-6-15)25-19(26)14-17(20(25)27)23-10-12-24(13-11-23)18-4-2-3-9-22-18/h2-9,17H,10-14H2,1H3/t17-/m0/s1. The molecule has 0 bridgehead atoms. The van der Waals surface area contributed by atoms with Crippen LogP contribution in [0.2, 0.25) is 0 Å². The number of amides is 2. The van der Waals surface area contributed by atoms with E-state index in [1.54, 1.807) is 30.5 Å². The van der Waals surface area contributed by atoms with E-state index >= 15 is 0 Å². The van der Waals surface area contributed by atoms with Crippen LogP contribution in [0.3, 0.4) is 0 Å². The molecule has 2 aliphatic rings. The van der Waals surface area contributed by atoms with E-state index in [1.165, 1.54) is 12.0 Å². The zero-order chi connectivity index (χ0) is 20.4. The van der Waals surface area contributed by atoms with Crippen LogP contribution in [-0.4, -0.2) is 67.0 Å². The molecule has 1 aromatic heterocycles. The number of rotatable bonds is 4. The number of pyridine rings is 1. The molecule has 2 aliphatic heterocycles. The monoisotopic (exact) mass is 394 g/mol. The molecule has 0 saturated carbocycles. The van der Waals surface area contributed by atoms with E-state index in [1.807, 2.05) is 18.2 Å². The Morgan fingerprint density at radius 3 is 2.38 bits per heavy atom. The van der Waals surface area contributed by atoms with Gasteiger partial charge in [0.15, 0.2) is 0 Å². The van der Waals surface area contributed by atoms with Crippen LogP contribution in [0.4, 0.5) is 11.5 Å². The first-order chi connectivity index (χ1) is 14.1. The smallest absolute Gasteiger partial charge is 0.337 e. The maximum atomic E-state index is 13.0. The fraction of sp³-hybridized carbons (Fsp3) is 0.333. The van der Waals surface area contributed by atoms with Crippen molar-refractivity contribution in [1.82, 2.24) is 9.88 Å². The van der Waals surface area contributed by atoms with Gasteiger partial charge < -0.3 is 9.64 Å². The highest BCUT2D eigenvalue weighted by Crippen LogP contribution is 2.27. The number of imide groups is 1. The van der Waals surface area contributed by atoms with Gasteiger partial charge in [0.05, 0.1) is 30.8 Å². The zero-order valence-corrected chi connectivity index (χ0v) is 16.2. The number of esters is 1. The quantitative estimate of drug-likeness (QED) is 0.571. The lowest BCUT2D eigenvalue weighted by Gasteiger charge is -2.37. The number of carbonyl (C=O) groups excluding carboxylic acids is 3. The SMILES string of the molecule is COC(=O)c1ccc(N2C(=O)C[C@H](N3CCN(c4ccccn4)CC3)C2=O)cc1. The highest BCUT2D eigenvalue weighted by Gasteiger charge is 2.43. The molecule has 0 N–H and O–H groups in total. The van der Waals surface area contributed by atoms with Gasteiger partial charge in [-0.15, -0.1) is 0 Å². The third kappa shape index (κ3) is 3.71. The Morgan fingerprint density at radius 1 is 1.03 bits per heavy atom. The van der Waals surface area contributed by atoms with E-state index in [0.717, 1.165) is 18.9 Å². The first-order valence-corrected chi connectivity index (χ1v) is 9.53. The molecule has 0 spiro atoms. The van der Waals surface area contributed by atoms with Crippen LogP contribution in [0, 0.1) is 0 Å². The molecule has 2 saturated heterocycles. The van der Waals surface area contributed by atoms with Crippen molar-refractivity contribution >= 4 is 29.3 Å². The first kappa shape index (κ1) is 19.1. The summed E-state index contributed by atoms with van der Waals surface area (Å²) >= 11 is 0. The average Bonchev–Trinajstić information content (AvgIpc) is 3.08. The summed E-state index contributed by atoms with van der Waals surface area (Å²) < 4.78 is 4.68. The minimum absolute atomic E-state index is 0.168. The Morgan fingerprint density at radius 2 is 1.76 bits per heavy atom. The largest absolute Gasteiger partial charge is 0.465 e. The number of benzene rings is 1. The summed E-state index contributed by atoms with van der Waals surface area (Å²) in [5.74, 6) is 0.0256. The molecule has 2 aromatic rings. The van der Waals surface area contributed by atoms with Gasteiger partial charge in [0.2, 0.25) is 5.91 Å². The summed E-state index contributed by atoms with van der Waals surface area (Å²) in [6, 6.07) is 11.7. The van der Waals surface area contributed by atoms with Crippen molar-refractivity contribution in [2.45, 2.75) is 12.5 Å². The molecule has 29 heavy (non-hydrogen) atoms. The maximum absolute atomic E-state index is 13.0. The fourth-order valence-electron chi connectivity index (χ4n) is 3.84. The summed E-state index contributed by atoms with van der Waals surface area (Å²) in [6.07, 6.45) is 1.94. The number of piperazine rings is 1. The summed E-state index contributed by atoms with van der Waals surface area (Å²) in [6.45, 7) is 2.89. The van der Waals surface area contributed by atoms with E-state index < -0.39 is 12.0 Å². The second kappa shape index (κ2) is 8.00. The molecule has 0 radical (unpaired) electrons. The van der Waals surface area contributed by atoms with Crippen LogP contribution in [0.25, 0.3) is 0 Å². The van der Waals surface area contributed by atoms with Gasteiger partial charge in [0, 0.05) is 32.4 Å². The minimum Gasteiger partial charge on any atom is -0.465 e. The lowest BCUT2D eigenvalue weighted by Crippen LogP contribution is -2.52. The van der Waals surface area contributed by atoms with Crippen molar-refractivity contribution in [3.63, 3.8) is 0 Å². The maximum Gasteiger partial charge on any atom is 0.337 e. The fourth-order valence-corrected chi connectivity index (χ4v) is 3.84. The number of hydrogen-bond donors (Lipinski definition) is 0. The average molecular weight is 394 g/mol. The molecule has 2 fully saturated rings. The molecule has 2 amide bonds. The molecule has 1 atom stereocenters. The van der Waals surface area contributed by atoms with Gasteiger partial charge in [0.1, 0.15) is 5.82 Å². The Kier molecular flexibility index (Phi) is 5.26. The summed E-state index contributed by atoms with van der Waals surface area (Å²) in [7, 11) is 1.31. The van der Waals surface area contributed by atoms with E-state index in [2.05, 4.69) is 19.5 Å². The van der Waals surface area contributed by atoms with Gasteiger partial charge >= 0.3 is 5.97 Å². The zero-order valence-electron chi connectivity index (χ0n) is 16.2. The van der Waals surface area contributed by atoms with Crippen molar-refractivity contribution in [2.75, 3.05) is 43.1 Å². The Bertz CT molecular complexity index is 908. The van der Waals surface area contributed by atoms with E-state index in [0.29, 0.717) is 24.3 Å². The summed E-state index contributed by atoms with van der Waals surface area (Å²) in [5.41, 5.74) is 0.847. The molecule has 8 nitrogen and oxygen atoms in total. The van der Waals surface area contributed by atoms with Gasteiger partial charge in [-0.05, 0) is 36.4 Å². The van der Waals surface area contributed by atoms with Crippen molar-refractivity contribution in [3.8, 4) is 0 Å². The second-order valence-corrected chi connectivity index (χ2v) is 7.04. The van der Waals surface area contributed by atoms with Gasteiger partial charge in [0.25, 0.3) is 5.91 Å². The minimum atomic E-state index is -0.459. The predicted molar refractivity (Wildman–Crippen MR) is 107 cm³/mol. The molecular weight excluding hydrogens is 372 g/mol. The number of methoxy groups -OCH3 is 1. The van der Waals surface area contributed by atoms with Crippen LogP contribution >= 0.6 is 0 Å². The number of nitrogens with zero attached hydrogens (tertiary/aromatic N) is 4. The van der Waals surface area contributed by atoms with Gasteiger partial charge in [-0.25, -0.2) is 14.7 Å².